The van der Waals surface area contributed by atoms with Gasteiger partial charge in [0, 0.05) is 18.8 Å². The van der Waals surface area contributed by atoms with Crippen LogP contribution in [0.3, 0.4) is 0 Å². The second-order valence-electron chi connectivity index (χ2n) is 4.80. The summed E-state index contributed by atoms with van der Waals surface area (Å²) in [6.07, 6.45) is 5.66. The molecule has 1 aliphatic heterocycles. The van der Waals surface area contributed by atoms with Crippen molar-refractivity contribution < 1.29 is 0 Å². The van der Waals surface area contributed by atoms with E-state index < -0.39 is 0 Å². The number of nitrogens with one attached hydrogen (secondary N) is 1. The molecule has 0 radical (unpaired) electrons. The molecule has 3 nitrogen and oxygen atoms in total. The Morgan fingerprint density at radius 2 is 2.35 bits per heavy atom. The van der Waals surface area contributed by atoms with E-state index in [9.17, 15) is 0 Å². The molecule has 4 heteroatoms. The third-order valence-corrected chi connectivity index (χ3v) is 3.84. The zero-order valence-corrected chi connectivity index (χ0v) is 11.3. The molecule has 0 bridgehead atoms. The third kappa shape index (κ3) is 3.11. The predicted octanol–water partition coefficient (Wildman–Crippen LogP) is 2.94. The molecule has 1 aromatic heterocycles. The molecule has 94 valence electrons. The summed E-state index contributed by atoms with van der Waals surface area (Å²) in [5, 5.41) is 4.02. The smallest absolute Gasteiger partial charge is 0.152 e. The average molecular weight is 254 g/mol. The molecule has 17 heavy (non-hydrogen) atoms. The van der Waals surface area contributed by atoms with Crippen LogP contribution in [-0.2, 0) is 0 Å². The van der Waals surface area contributed by atoms with Gasteiger partial charge >= 0.3 is 0 Å². The van der Waals surface area contributed by atoms with Crippen LogP contribution in [-0.4, -0.2) is 36.1 Å². The first kappa shape index (κ1) is 12.7. The van der Waals surface area contributed by atoms with Gasteiger partial charge in [-0.2, -0.15) is 0 Å². The van der Waals surface area contributed by atoms with Crippen molar-refractivity contribution in [3.63, 3.8) is 0 Å². The SMILES string of the molecule is Cc1ccnc(Cl)c1NCC1CCCCN1C. The van der Waals surface area contributed by atoms with Gasteiger partial charge in [-0.15, -0.1) is 0 Å². The maximum Gasteiger partial charge on any atom is 0.152 e. The van der Waals surface area contributed by atoms with Gasteiger partial charge in [-0.3, -0.25) is 0 Å². The van der Waals surface area contributed by atoms with E-state index >= 15 is 0 Å². The number of nitrogens with zero attached hydrogens (tertiary/aromatic N) is 2. The lowest BCUT2D eigenvalue weighted by atomic mass is 10.0. The molecule has 1 aromatic rings. The van der Waals surface area contributed by atoms with Gasteiger partial charge in [0.2, 0.25) is 0 Å². The minimum atomic E-state index is 0.573. The molecule has 1 unspecified atom stereocenters. The number of likely N-dealkylation sites (tertiary alicyclic amines) is 1. The number of hydrogen-bond acceptors (Lipinski definition) is 3. The lowest BCUT2D eigenvalue weighted by Gasteiger charge is -2.32. The Kier molecular flexibility index (Phi) is 4.24. The van der Waals surface area contributed by atoms with Crippen molar-refractivity contribution in [2.45, 2.75) is 32.2 Å². The number of likely N-dealkylation sites (N-methyl/N-ethyl adjacent to an activating group) is 1. The number of aromatic nitrogens is 1. The summed E-state index contributed by atoms with van der Waals surface area (Å²) < 4.78 is 0. The van der Waals surface area contributed by atoms with E-state index in [2.05, 4.69) is 29.2 Å². The number of halogens is 1. The van der Waals surface area contributed by atoms with Crippen molar-refractivity contribution in [2.24, 2.45) is 0 Å². The van der Waals surface area contributed by atoms with Crippen LogP contribution in [0.25, 0.3) is 0 Å². The summed E-state index contributed by atoms with van der Waals surface area (Å²) in [4.78, 5) is 6.54. The first-order chi connectivity index (χ1) is 8.18. The zero-order chi connectivity index (χ0) is 12.3. The van der Waals surface area contributed by atoms with Crippen molar-refractivity contribution in [1.29, 1.82) is 0 Å². The quantitative estimate of drug-likeness (QED) is 0.840. The molecule has 0 aromatic carbocycles. The van der Waals surface area contributed by atoms with Crippen molar-refractivity contribution in [3.8, 4) is 0 Å². The van der Waals surface area contributed by atoms with Crippen molar-refractivity contribution >= 4 is 17.3 Å². The Bertz CT molecular complexity index is 361. The zero-order valence-electron chi connectivity index (χ0n) is 10.5. The van der Waals surface area contributed by atoms with Gasteiger partial charge in [-0.25, -0.2) is 4.98 Å². The molecule has 2 heterocycles. The molecule has 2 rings (SSSR count). The molecule has 1 saturated heterocycles. The summed E-state index contributed by atoms with van der Waals surface area (Å²) in [5.41, 5.74) is 2.14. The summed E-state index contributed by atoms with van der Waals surface area (Å²) in [5.74, 6) is 0. The van der Waals surface area contributed by atoms with Crippen molar-refractivity contribution in [1.82, 2.24) is 9.88 Å². The van der Waals surface area contributed by atoms with Gasteiger partial charge < -0.3 is 10.2 Å². The Hall–Kier alpha value is -0.800. The Balaban J connectivity index is 1.97. The van der Waals surface area contributed by atoms with Gasteiger partial charge in [0.25, 0.3) is 0 Å². The number of pyridine rings is 1. The summed E-state index contributed by atoms with van der Waals surface area (Å²) in [6.45, 7) is 4.20. The second-order valence-corrected chi connectivity index (χ2v) is 5.16. The molecular formula is C13H20ClN3. The van der Waals surface area contributed by atoms with Crippen molar-refractivity contribution in [3.05, 3.63) is 23.0 Å². The first-order valence-electron chi connectivity index (χ1n) is 6.23. The van der Waals surface area contributed by atoms with Crippen LogP contribution >= 0.6 is 11.6 Å². The van der Waals surface area contributed by atoms with Crippen LogP contribution in [0.15, 0.2) is 12.3 Å². The minimum absolute atomic E-state index is 0.573. The van der Waals surface area contributed by atoms with Gasteiger partial charge in [0.15, 0.2) is 5.15 Å². The second kappa shape index (κ2) is 5.69. The predicted molar refractivity (Wildman–Crippen MR) is 72.7 cm³/mol. The van der Waals surface area contributed by atoms with E-state index in [1.807, 2.05) is 6.07 Å². The molecule has 1 N–H and O–H groups in total. The van der Waals surface area contributed by atoms with Crippen LogP contribution < -0.4 is 5.32 Å². The first-order valence-corrected chi connectivity index (χ1v) is 6.61. The molecule has 0 spiro atoms. The monoisotopic (exact) mass is 253 g/mol. The number of anilines is 1. The maximum atomic E-state index is 6.10. The van der Waals surface area contributed by atoms with E-state index in [4.69, 9.17) is 11.6 Å². The molecule has 0 aliphatic carbocycles. The van der Waals surface area contributed by atoms with Crippen LogP contribution in [0.2, 0.25) is 5.15 Å². The molecule has 1 atom stereocenters. The van der Waals surface area contributed by atoms with Gasteiger partial charge in [-0.05, 0) is 45.0 Å². The fraction of sp³-hybridized carbons (Fsp3) is 0.615. The van der Waals surface area contributed by atoms with E-state index in [0.29, 0.717) is 11.2 Å². The largest absolute Gasteiger partial charge is 0.381 e. The highest BCUT2D eigenvalue weighted by Crippen LogP contribution is 2.23. The highest BCUT2D eigenvalue weighted by Gasteiger charge is 2.19. The Morgan fingerprint density at radius 1 is 1.53 bits per heavy atom. The minimum Gasteiger partial charge on any atom is -0.381 e. The maximum absolute atomic E-state index is 6.10. The number of rotatable bonds is 3. The molecular weight excluding hydrogens is 234 g/mol. The molecule has 1 aliphatic rings. The van der Waals surface area contributed by atoms with E-state index in [1.54, 1.807) is 6.20 Å². The topological polar surface area (TPSA) is 28.2 Å². The lowest BCUT2D eigenvalue weighted by molar-refractivity contribution is 0.194. The van der Waals surface area contributed by atoms with Crippen LogP contribution in [0.4, 0.5) is 5.69 Å². The van der Waals surface area contributed by atoms with E-state index in [-0.39, 0.29) is 0 Å². The number of piperidine rings is 1. The average Bonchev–Trinajstić information content (AvgIpc) is 2.30. The van der Waals surface area contributed by atoms with Crippen LogP contribution in [0, 0.1) is 6.92 Å². The van der Waals surface area contributed by atoms with Gasteiger partial charge in [0.05, 0.1) is 5.69 Å². The summed E-state index contributed by atoms with van der Waals surface area (Å²) in [7, 11) is 2.20. The fourth-order valence-corrected chi connectivity index (χ4v) is 2.63. The Morgan fingerprint density at radius 3 is 3.06 bits per heavy atom. The van der Waals surface area contributed by atoms with E-state index in [0.717, 1.165) is 17.8 Å². The number of hydrogen-bond donors (Lipinski definition) is 1. The fourth-order valence-electron chi connectivity index (χ4n) is 2.36. The standard InChI is InChI=1S/C13H20ClN3/c1-10-6-7-15-13(14)12(10)16-9-11-5-3-4-8-17(11)2/h6-7,11,16H,3-5,8-9H2,1-2H3. The lowest BCUT2D eigenvalue weighted by Crippen LogP contribution is -2.40. The normalized spacial score (nSPS) is 21.5. The van der Waals surface area contributed by atoms with Gasteiger partial charge in [-0.1, -0.05) is 18.0 Å². The van der Waals surface area contributed by atoms with Crippen LogP contribution in [0.5, 0.6) is 0 Å². The van der Waals surface area contributed by atoms with Gasteiger partial charge in [0.1, 0.15) is 0 Å². The van der Waals surface area contributed by atoms with Crippen molar-refractivity contribution in [2.75, 3.05) is 25.5 Å². The molecule has 1 fully saturated rings. The summed E-state index contributed by atoms with van der Waals surface area (Å²) >= 11 is 6.10. The van der Waals surface area contributed by atoms with Crippen LogP contribution in [0.1, 0.15) is 24.8 Å². The highest BCUT2D eigenvalue weighted by molar-refractivity contribution is 6.32. The van der Waals surface area contributed by atoms with E-state index in [1.165, 1.54) is 25.8 Å². The molecule has 0 saturated carbocycles. The number of aryl methyl sites for hydroxylation is 1. The highest BCUT2D eigenvalue weighted by atomic mass is 35.5. The third-order valence-electron chi connectivity index (χ3n) is 3.55. The summed E-state index contributed by atoms with van der Waals surface area (Å²) in [6, 6.07) is 2.60. The molecule has 0 amide bonds. The Labute approximate surface area is 108 Å².